The van der Waals surface area contributed by atoms with Gasteiger partial charge in [-0.05, 0) is 60.9 Å². The lowest BCUT2D eigenvalue weighted by Gasteiger charge is -2.34. The fraction of sp³-hybridized carbons (Fsp3) is 0.571. The van der Waals surface area contributed by atoms with Crippen LogP contribution < -0.4 is 4.90 Å². The van der Waals surface area contributed by atoms with Gasteiger partial charge in [0, 0.05) is 40.6 Å². The van der Waals surface area contributed by atoms with Crippen LogP contribution in [0.1, 0.15) is 262 Å². The molecular weight excluding hydrogens is 1050 g/mol. The molecule has 0 amide bonds. The number of carbonyl (C=O) groups excluding carboxylic acids is 2. The Kier molecular flexibility index (Phi) is 31.1. The lowest BCUT2D eigenvalue weighted by molar-refractivity contribution is -0.436. The molecule has 0 spiro atoms. The van der Waals surface area contributed by atoms with Crippen molar-refractivity contribution in [3.8, 4) is 6.07 Å². The van der Waals surface area contributed by atoms with Gasteiger partial charge in [0.2, 0.25) is 5.69 Å². The van der Waals surface area contributed by atoms with E-state index in [1.807, 2.05) is 54.6 Å². The van der Waals surface area contributed by atoms with E-state index >= 15 is 0 Å². The van der Waals surface area contributed by atoms with Crippen LogP contribution in [0.3, 0.4) is 0 Å². The monoisotopic (exact) mass is 1150 g/mol. The first-order chi connectivity index (χ1) is 41.7. The first-order valence-electron chi connectivity index (χ1n) is 34.1. The Morgan fingerprint density at radius 3 is 1.64 bits per heavy atom. The zero-order chi connectivity index (χ0) is 60.2. The van der Waals surface area contributed by atoms with Crippen molar-refractivity contribution in [1.29, 1.82) is 5.26 Å². The summed E-state index contributed by atoms with van der Waals surface area (Å²) in [4.78, 5) is 40.0. The highest BCUT2D eigenvalue weighted by molar-refractivity contribution is 6.07. The summed E-state index contributed by atoms with van der Waals surface area (Å²) in [5.41, 5.74) is 6.64. The van der Waals surface area contributed by atoms with E-state index in [1.54, 1.807) is 6.92 Å². The average molecular weight is 1160 g/mol. The molecule has 2 unspecified atom stereocenters. The van der Waals surface area contributed by atoms with Crippen LogP contribution in [-0.4, -0.2) is 53.3 Å². The molecule has 460 valence electrons. The van der Waals surface area contributed by atoms with Crippen molar-refractivity contribution in [2.24, 2.45) is 0 Å². The zero-order valence-electron chi connectivity index (χ0n) is 53.0. The lowest BCUT2D eigenvalue weighted by Crippen LogP contribution is -2.39. The highest BCUT2D eigenvalue weighted by Crippen LogP contribution is 2.56. The molecule has 85 heavy (non-hydrogen) atoms. The number of anilines is 1. The van der Waals surface area contributed by atoms with Gasteiger partial charge in [-0.2, -0.15) is 9.84 Å². The Labute approximate surface area is 514 Å². The number of carboxylic acids is 1. The molecule has 2 atom stereocenters. The van der Waals surface area contributed by atoms with Crippen molar-refractivity contribution in [2.45, 2.75) is 263 Å². The number of unbranched alkanes of at least 4 members (excludes halogenated alkanes) is 29. The Hall–Kier alpha value is -6.07. The summed E-state index contributed by atoms with van der Waals surface area (Å²) in [6.45, 7) is 7.65. The average Bonchev–Trinajstić information content (AvgIpc) is 1.72. The number of benzene rings is 4. The van der Waals surface area contributed by atoms with Gasteiger partial charge in [-0.1, -0.05) is 298 Å². The van der Waals surface area contributed by atoms with Crippen LogP contribution in [0.25, 0.3) is 10.8 Å². The van der Waals surface area contributed by atoms with E-state index in [0.717, 1.165) is 72.1 Å². The number of carboxylic acid groups (broad SMARTS) is 1. The Morgan fingerprint density at radius 1 is 0.612 bits per heavy atom. The number of fused-ring (bicyclic) bond motifs is 4. The molecule has 0 saturated carbocycles. The minimum atomic E-state index is -0.905. The highest BCUT2D eigenvalue weighted by Gasteiger charge is 2.52. The van der Waals surface area contributed by atoms with Crippen LogP contribution in [0.15, 0.2) is 127 Å². The predicted octanol–water partition coefficient (Wildman–Crippen LogP) is 20.6. The van der Waals surface area contributed by atoms with E-state index in [2.05, 4.69) is 90.1 Å². The maximum Gasteiger partial charge on any atom is 0.309 e. The number of hydrogen-bond donors (Lipinski definition) is 1. The molecule has 2 aliphatic rings. The number of nitriles is 1. The van der Waals surface area contributed by atoms with Gasteiger partial charge >= 0.3 is 5.97 Å². The second-order valence-corrected chi connectivity index (χ2v) is 25.1. The molecule has 6 rings (SSSR count). The third kappa shape index (κ3) is 21.1. The van der Waals surface area contributed by atoms with Crippen molar-refractivity contribution in [2.75, 3.05) is 24.6 Å². The molecule has 0 saturated heterocycles. The van der Waals surface area contributed by atoms with Crippen LogP contribution in [0, 0.1) is 11.3 Å². The Morgan fingerprint density at radius 2 is 1.12 bits per heavy atom. The van der Waals surface area contributed by atoms with E-state index in [-0.39, 0.29) is 37.2 Å². The number of ketones is 1. The molecule has 0 radical (unpaired) electrons. The minimum absolute atomic E-state index is 0.0271. The number of hydrogen-bond acceptors (Lipinski definition) is 6. The molecule has 0 fully saturated rings. The largest absolute Gasteiger partial charge is 0.481 e. The number of nitrogens with zero attached hydrogens (tertiary/aromatic N) is 3. The lowest BCUT2D eigenvalue weighted by atomic mass is 9.69. The molecule has 1 N–H and O–H groups in total. The summed E-state index contributed by atoms with van der Waals surface area (Å²) in [5, 5.41) is 23.5. The molecule has 2 heterocycles. The third-order valence-corrected chi connectivity index (χ3v) is 18.5. The first kappa shape index (κ1) is 68.0. The Bertz CT molecular complexity index is 2800. The van der Waals surface area contributed by atoms with Gasteiger partial charge in [0.15, 0.2) is 12.3 Å². The van der Waals surface area contributed by atoms with Crippen LogP contribution in [-0.2, 0) is 36.4 Å². The summed E-state index contributed by atoms with van der Waals surface area (Å²) < 4.78 is 7.59. The summed E-state index contributed by atoms with van der Waals surface area (Å²) in [6, 6.07) is 34.1. The maximum atomic E-state index is 13.5. The van der Waals surface area contributed by atoms with Gasteiger partial charge in [0.05, 0.1) is 29.3 Å². The smallest absolute Gasteiger partial charge is 0.309 e. The minimum Gasteiger partial charge on any atom is -0.481 e. The van der Waals surface area contributed by atoms with Crippen molar-refractivity contribution >= 4 is 46.1 Å². The van der Waals surface area contributed by atoms with E-state index in [4.69, 9.17) is 4.74 Å². The Balaban J connectivity index is 1.31. The topological polar surface area (TPSA) is 111 Å². The second-order valence-electron chi connectivity index (χ2n) is 25.1. The van der Waals surface area contributed by atoms with Crippen LogP contribution in [0.4, 0.5) is 11.4 Å². The van der Waals surface area contributed by atoms with E-state index in [1.165, 1.54) is 190 Å². The SMILES string of the molecule is CCCCCCCCCCCCCCCCCCC1(CCCCCCCCCCCCCCCCC)C(=CC=C(C#N)C=CC2=[N+](CCC(=O)O)c3ccccc3C2(CC(C)=O)Cc2ccccc2)N(CCOC=O)c2c1ccc1ccccc21. The van der Waals surface area contributed by atoms with Gasteiger partial charge in [0.1, 0.15) is 18.8 Å². The highest BCUT2D eigenvalue weighted by atomic mass is 16.5. The van der Waals surface area contributed by atoms with Crippen LogP contribution in [0.5, 0.6) is 0 Å². The molecule has 0 aromatic heterocycles. The van der Waals surface area contributed by atoms with Crippen molar-refractivity contribution in [3.05, 3.63) is 143 Å². The van der Waals surface area contributed by atoms with Crippen LogP contribution >= 0.6 is 0 Å². The second kappa shape index (κ2) is 38.9. The molecule has 4 aromatic carbocycles. The van der Waals surface area contributed by atoms with E-state index in [9.17, 15) is 24.8 Å². The number of allylic oxidation sites excluding steroid dienone is 6. The fourth-order valence-electron chi connectivity index (χ4n) is 14.2. The normalized spacial score (nSPS) is 17.1. The van der Waals surface area contributed by atoms with Crippen molar-refractivity contribution < 1.29 is 28.8 Å². The van der Waals surface area contributed by atoms with Crippen LogP contribution in [0.2, 0.25) is 0 Å². The number of rotatable bonds is 47. The maximum absolute atomic E-state index is 13.5. The zero-order valence-corrected chi connectivity index (χ0v) is 53.0. The predicted molar refractivity (Wildman–Crippen MR) is 355 cm³/mol. The van der Waals surface area contributed by atoms with E-state index in [0.29, 0.717) is 25.0 Å². The van der Waals surface area contributed by atoms with Gasteiger partial charge < -0.3 is 14.7 Å². The number of ether oxygens (including phenoxy) is 1. The number of aliphatic carboxylic acids is 1. The summed E-state index contributed by atoms with van der Waals surface area (Å²) in [6.07, 6.45) is 51.3. The van der Waals surface area contributed by atoms with Gasteiger partial charge in [-0.25, -0.2) is 0 Å². The van der Waals surface area contributed by atoms with E-state index < -0.39 is 11.4 Å². The van der Waals surface area contributed by atoms with Crippen molar-refractivity contribution in [1.82, 2.24) is 0 Å². The fourth-order valence-corrected chi connectivity index (χ4v) is 14.2. The van der Waals surface area contributed by atoms with Crippen molar-refractivity contribution in [3.63, 3.8) is 0 Å². The first-order valence-corrected chi connectivity index (χ1v) is 34.1. The molecular formula is C77H108N3O5+. The summed E-state index contributed by atoms with van der Waals surface area (Å²) in [5.74, 6) is -0.878. The molecule has 4 aromatic rings. The molecule has 8 nitrogen and oxygen atoms in total. The molecule has 0 bridgehead atoms. The molecule has 2 aliphatic heterocycles. The quantitative estimate of drug-likeness (QED) is 0.0154. The number of para-hydroxylation sites is 1. The molecule has 8 heteroatoms. The summed E-state index contributed by atoms with van der Waals surface area (Å²) >= 11 is 0. The van der Waals surface area contributed by atoms with Gasteiger partial charge in [-0.3, -0.25) is 14.4 Å². The molecule has 0 aliphatic carbocycles. The number of carbonyl (C=O) groups is 3. The van der Waals surface area contributed by atoms with Gasteiger partial charge in [-0.15, -0.1) is 0 Å². The standard InChI is InChI=1S/C77H107N3O5/c1-4-6-8-10-12-14-16-18-20-22-24-26-28-30-32-41-56-76(55-40-31-29-27-25-23-21-19-17-15-13-11-9-7-5-2)70-51-50-67-44-36-37-45-68(67)75(70)80(58-59-85-63-81)72(76)52-48-66(62-78)49-53-73-77(60-64(3)82,61-65-42-34-33-35-43-65)69-46-38-39-47-71(69)79(73)57-54-74(83)84/h33-39,42-53,63H,4-32,40-41,54-61H2,1-3H3/p+1. The van der Waals surface area contributed by atoms with Gasteiger partial charge in [0.25, 0.3) is 6.47 Å². The third-order valence-electron chi connectivity index (χ3n) is 18.5. The number of Topliss-reactive ketones (excluding diaryl/α,β-unsaturated/α-hetero) is 1. The summed E-state index contributed by atoms with van der Waals surface area (Å²) in [7, 11) is 0.